The van der Waals surface area contributed by atoms with Crippen molar-refractivity contribution in [3.05, 3.63) is 52.6 Å². The molecule has 92 valence electrons. The molecule has 1 aromatic carbocycles. The van der Waals surface area contributed by atoms with E-state index in [0.29, 0.717) is 17.9 Å². The largest absolute Gasteiger partial charge is 0.508 e. The third-order valence-corrected chi connectivity index (χ3v) is 2.28. The van der Waals surface area contributed by atoms with Crippen LogP contribution < -0.4 is 5.32 Å². The molecule has 0 aliphatic heterocycles. The van der Waals surface area contributed by atoms with E-state index >= 15 is 0 Å². The van der Waals surface area contributed by atoms with Gasteiger partial charge in [0.15, 0.2) is 0 Å². The number of nitro benzene ring substituents is 1. The molecule has 2 aromatic rings. The molecule has 0 unspecified atom stereocenters. The normalized spacial score (nSPS) is 10.0. The molecule has 2 rings (SSSR count). The standard InChI is InChI=1S/C11H10N4O3/c16-9-1-2-10(11(5-9)15(17)18)13-6-8-3-4-12-7-14-8/h1-5,7,13,16H,6H2. The molecule has 0 radical (unpaired) electrons. The van der Waals surface area contributed by atoms with Crippen molar-refractivity contribution in [3.63, 3.8) is 0 Å². The Morgan fingerprint density at radius 3 is 2.89 bits per heavy atom. The van der Waals surface area contributed by atoms with Crippen LogP contribution in [0.3, 0.4) is 0 Å². The SMILES string of the molecule is O=[N+]([O-])c1cc(O)ccc1NCc1ccncn1. The first-order valence-corrected chi connectivity index (χ1v) is 5.13. The van der Waals surface area contributed by atoms with Crippen molar-refractivity contribution in [3.8, 4) is 5.75 Å². The van der Waals surface area contributed by atoms with Gasteiger partial charge in [0.05, 0.1) is 23.2 Å². The first-order valence-electron chi connectivity index (χ1n) is 5.13. The number of hydrogen-bond acceptors (Lipinski definition) is 6. The smallest absolute Gasteiger partial charge is 0.296 e. The van der Waals surface area contributed by atoms with Gasteiger partial charge in [-0.15, -0.1) is 0 Å². The fourth-order valence-corrected chi connectivity index (χ4v) is 1.43. The van der Waals surface area contributed by atoms with Crippen LogP contribution in [0.1, 0.15) is 5.69 Å². The highest BCUT2D eigenvalue weighted by Crippen LogP contribution is 2.28. The van der Waals surface area contributed by atoms with E-state index in [-0.39, 0.29) is 11.4 Å². The molecule has 18 heavy (non-hydrogen) atoms. The zero-order valence-electron chi connectivity index (χ0n) is 9.28. The van der Waals surface area contributed by atoms with E-state index in [2.05, 4.69) is 15.3 Å². The van der Waals surface area contributed by atoms with Crippen LogP contribution in [0.4, 0.5) is 11.4 Å². The predicted molar refractivity (Wildman–Crippen MR) is 64.1 cm³/mol. The topological polar surface area (TPSA) is 101 Å². The minimum absolute atomic E-state index is 0.144. The van der Waals surface area contributed by atoms with Crippen molar-refractivity contribution >= 4 is 11.4 Å². The summed E-state index contributed by atoms with van der Waals surface area (Å²) in [6, 6.07) is 5.64. The summed E-state index contributed by atoms with van der Waals surface area (Å²) in [4.78, 5) is 18.0. The Balaban J connectivity index is 2.17. The second-order valence-electron chi connectivity index (χ2n) is 3.51. The number of rotatable bonds is 4. The molecule has 0 saturated heterocycles. The van der Waals surface area contributed by atoms with Crippen LogP contribution in [0.5, 0.6) is 5.75 Å². The molecule has 1 aromatic heterocycles. The van der Waals surface area contributed by atoms with E-state index in [9.17, 15) is 15.2 Å². The maximum atomic E-state index is 10.8. The van der Waals surface area contributed by atoms with Crippen molar-refractivity contribution in [2.45, 2.75) is 6.54 Å². The Hall–Kier alpha value is -2.70. The molecule has 1 heterocycles. The molecule has 0 amide bonds. The Morgan fingerprint density at radius 1 is 1.39 bits per heavy atom. The highest BCUT2D eigenvalue weighted by Gasteiger charge is 2.14. The second-order valence-corrected chi connectivity index (χ2v) is 3.51. The van der Waals surface area contributed by atoms with E-state index in [4.69, 9.17) is 0 Å². The van der Waals surface area contributed by atoms with Gasteiger partial charge in [0.2, 0.25) is 0 Å². The van der Waals surface area contributed by atoms with Crippen LogP contribution >= 0.6 is 0 Å². The summed E-state index contributed by atoms with van der Waals surface area (Å²) in [7, 11) is 0. The summed E-state index contributed by atoms with van der Waals surface area (Å²) in [5, 5.41) is 22.9. The number of nitrogens with one attached hydrogen (secondary N) is 1. The third-order valence-electron chi connectivity index (χ3n) is 2.28. The molecule has 0 aliphatic rings. The average Bonchev–Trinajstić information content (AvgIpc) is 2.38. The summed E-state index contributed by atoms with van der Waals surface area (Å²) in [5.41, 5.74) is 0.868. The Morgan fingerprint density at radius 2 is 2.22 bits per heavy atom. The molecule has 7 nitrogen and oxygen atoms in total. The minimum atomic E-state index is -0.554. The van der Waals surface area contributed by atoms with E-state index < -0.39 is 4.92 Å². The van der Waals surface area contributed by atoms with Gasteiger partial charge in [-0.05, 0) is 18.2 Å². The zero-order chi connectivity index (χ0) is 13.0. The number of aromatic hydroxyl groups is 1. The fourth-order valence-electron chi connectivity index (χ4n) is 1.43. The quantitative estimate of drug-likeness (QED) is 0.483. The van der Waals surface area contributed by atoms with E-state index in [1.54, 1.807) is 12.3 Å². The van der Waals surface area contributed by atoms with Gasteiger partial charge in [0, 0.05) is 6.20 Å². The van der Waals surface area contributed by atoms with Crippen molar-refractivity contribution in [2.75, 3.05) is 5.32 Å². The number of phenols is 1. The Kier molecular flexibility index (Phi) is 3.33. The van der Waals surface area contributed by atoms with Crippen molar-refractivity contribution in [1.82, 2.24) is 9.97 Å². The van der Waals surface area contributed by atoms with Crippen LogP contribution in [0.2, 0.25) is 0 Å². The molecule has 0 spiro atoms. The first kappa shape index (κ1) is 11.8. The number of phenolic OH excluding ortho intramolecular Hbond substituents is 1. The summed E-state index contributed by atoms with van der Waals surface area (Å²) in [6.07, 6.45) is 3.00. The van der Waals surface area contributed by atoms with Gasteiger partial charge in [-0.25, -0.2) is 9.97 Å². The maximum Gasteiger partial charge on any atom is 0.296 e. The molecule has 2 N–H and O–H groups in total. The van der Waals surface area contributed by atoms with Crippen LogP contribution in [0, 0.1) is 10.1 Å². The Bertz CT molecular complexity index is 559. The lowest BCUT2D eigenvalue weighted by atomic mass is 10.2. The van der Waals surface area contributed by atoms with Gasteiger partial charge in [-0.3, -0.25) is 10.1 Å². The number of anilines is 1. The number of nitro groups is 1. The number of aromatic nitrogens is 2. The maximum absolute atomic E-state index is 10.8. The summed E-state index contributed by atoms with van der Waals surface area (Å²) in [5.74, 6) is -0.144. The van der Waals surface area contributed by atoms with E-state index in [1.807, 2.05) is 0 Å². The van der Waals surface area contributed by atoms with Gasteiger partial charge in [0.25, 0.3) is 5.69 Å². The summed E-state index contributed by atoms with van der Waals surface area (Å²) >= 11 is 0. The lowest BCUT2D eigenvalue weighted by Gasteiger charge is -2.06. The number of benzene rings is 1. The van der Waals surface area contributed by atoms with E-state index in [0.717, 1.165) is 6.07 Å². The van der Waals surface area contributed by atoms with Crippen molar-refractivity contribution < 1.29 is 10.0 Å². The van der Waals surface area contributed by atoms with Gasteiger partial charge in [0.1, 0.15) is 17.8 Å². The van der Waals surface area contributed by atoms with Crippen LogP contribution in [0.15, 0.2) is 36.8 Å². The highest BCUT2D eigenvalue weighted by molar-refractivity contribution is 5.63. The van der Waals surface area contributed by atoms with Crippen molar-refractivity contribution in [2.24, 2.45) is 0 Å². The number of hydrogen-bond donors (Lipinski definition) is 2. The van der Waals surface area contributed by atoms with Crippen LogP contribution in [-0.4, -0.2) is 20.0 Å². The molecule has 7 heteroatoms. The molecule has 0 saturated carbocycles. The second kappa shape index (κ2) is 5.09. The molecular weight excluding hydrogens is 236 g/mol. The number of nitrogens with zero attached hydrogens (tertiary/aromatic N) is 3. The predicted octanol–water partition coefficient (Wildman–Crippen LogP) is 1.70. The molecule has 0 atom stereocenters. The average molecular weight is 246 g/mol. The molecule has 0 bridgehead atoms. The Labute approximate surface area is 102 Å². The highest BCUT2D eigenvalue weighted by atomic mass is 16.6. The third kappa shape index (κ3) is 2.70. The molecular formula is C11H10N4O3. The van der Waals surface area contributed by atoms with Gasteiger partial charge >= 0.3 is 0 Å². The van der Waals surface area contributed by atoms with E-state index in [1.165, 1.54) is 18.5 Å². The fraction of sp³-hybridized carbons (Fsp3) is 0.0909. The lowest BCUT2D eigenvalue weighted by molar-refractivity contribution is -0.384. The first-order chi connectivity index (χ1) is 8.66. The van der Waals surface area contributed by atoms with Crippen LogP contribution in [0.25, 0.3) is 0 Å². The monoisotopic (exact) mass is 246 g/mol. The lowest BCUT2D eigenvalue weighted by Crippen LogP contribution is -2.04. The molecule has 0 fully saturated rings. The van der Waals surface area contributed by atoms with Crippen LogP contribution in [-0.2, 0) is 6.54 Å². The minimum Gasteiger partial charge on any atom is -0.508 e. The van der Waals surface area contributed by atoms with Gasteiger partial charge in [-0.2, -0.15) is 0 Å². The summed E-state index contributed by atoms with van der Waals surface area (Å²) < 4.78 is 0. The van der Waals surface area contributed by atoms with Gasteiger partial charge in [-0.1, -0.05) is 0 Å². The molecule has 0 aliphatic carbocycles. The summed E-state index contributed by atoms with van der Waals surface area (Å²) in [6.45, 7) is 0.341. The van der Waals surface area contributed by atoms with Gasteiger partial charge < -0.3 is 10.4 Å². The van der Waals surface area contributed by atoms with Crippen molar-refractivity contribution in [1.29, 1.82) is 0 Å². The zero-order valence-corrected chi connectivity index (χ0v) is 9.28.